The average Bonchev–Trinajstić information content (AvgIpc) is 3.64. The van der Waals surface area contributed by atoms with Gasteiger partial charge in [-0.25, -0.2) is 8.42 Å². The van der Waals surface area contributed by atoms with E-state index in [1.54, 1.807) is 13.8 Å². The number of carbonyl (C=O) groups is 1. The molecule has 0 bridgehead atoms. The van der Waals surface area contributed by atoms with Crippen molar-refractivity contribution in [3.63, 3.8) is 0 Å². The molecule has 1 amide bonds. The van der Waals surface area contributed by atoms with Crippen LogP contribution in [0.3, 0.4) is 0 Å². The Hall–Kier alpha value is -3.17. The summed E-state index contributed by atoms with van der Waals surface area (Å²) in [5, 5.41) is 6.82. The van der Waals surface area contributed by atoms with E-state index in [4.69, 9.17) is 4.74 Å². The first kappa shape index (κ1) is 22.6. The summed E-state index contributed by atoms with van der Waals surface area (Å²) < 4.78 is 34.2. The van der Waals surface area contributed by atoms with Crippen LogP contribution in [-0.2, 0) is 27.9 Å². The lowest BCUT2D eigenvalue weighted by molar-refractivity contribution is -0.119. The average molecular weight is 481 g/mol. The number of nitrogens with zero attached hydrogens (tertiary/aromatic N) is 3. The van der Waals surface area contributed by atoms with Crippen LogP contribution < -0.4 is 9.64 Å². The van der Waals surface area contributed by atoms with Gasteiger partial charge in [0.25, 0.3) is 0 Å². The molecule has 1 N–H and O–H groups in total. The molecule has 178 valence electrons. The molecule has 2 heterocycles. The predicted octanol–water partition coefficient (Wildman–Crippen LogP) is 3.55. The Balaban J connectivity index is 1.44. The number of rotatable bonds is 6. The zero-order chi connectivity index (χ0) is 23.9. The molecular formula is C25H28N4O4S. The molecule has 8 nitrogen and oxygen atoms in total. The molecule has 0 atom stereocenters. The third-order valence-corrected chi connectivity index (χ3v) is 8.44. The number of para-hydroxylation sites is 1. The number of carbonyl (C=O) groups excluding carboxylic acids is 1. The smallest absolute Gasteiger partial charge is 0.247 e. The summed E-state index contributed by atoms with van der Waals surface area (Å²) in [4.78, 5) is 15.1. The molecule has 2 aromatic carbocycles. The van der Waals surface area contributed by atoms with Crippen LogP contribution in [0.4, 0.5) is 5.69 Å². The Morgan fingerprint density at radius 3 is 2.62 bits per heavy atom. The highest BCUT2D eigenvalue weighted by atomic mass is 32.2. The Morgan fingerprint density at radius 1 is 1.18 bits per heavy atom. The van der Waals surface area contributed by atoms with Crippen molar-refractivity contribution in [1.29, 1.82) is 0 Å². The first-order valence-corrected chi connectivity index (χ1v) is 12.9. The van der Waals surface area contributed by atoms with E-state index in [0.717, 1.165) is 29.7 Å². The van der Waals surface area contributed by atoms with Crippen molar-refractivity contribution < 1.29 is 17.9 Å². The van der Waals surface area contributed by atoms with Crippen molar-refractivity contribution in [1.82, 2.24) is 14.5 Å². The van der Waals surface area contributed by atoms with Gasteiger partial charge in [0.2, 0.25) is 15.9 Å². The van der Waals surface area contributed by atoms with Gasteiger partial charge in [0, 0.05) is 30.3 Å². The molecule has 0 radical (unpaired) electrons. The standard InChI is InChI=1S/C25H28N4O4S/c1-17-24(18(2)27-26-17)34(31,32)28-12-13-33-23-11-8-19(14-21(23)16-28)15-29(25(30)20-9-10-20)22-6-4-3-5-7-22/h3-8,11,14,20H,9-10,12-13,15-16H2,1-2H3,(H,26,27). The minimum Gasteiger partial charge on any atom is -0.492 e. The lowest BCUT2D eigenvalue weighted by Crippen LogP contribution is -2.33. The van der Waals surface area contributed by atoms with Crippen LogP contribution in [0.15, 0.2) is 53.4 Å². The summed E-state index contributed by atoms with van der Waals surface area (Å²) >= 11 is 0. The number of fused-ring (bicyclic) bond motifs is 1. The molecule has 9 heteroatoms. The lowest BCUT2D eigenvalue weighted by Gasteiger charge is -2.24. The molecule has 3 aromatic rings. The van der Waals surface area contributed by atoms with E-state index in [1.165, 1.54) is 4.31 Å². The second-order valence-electron chi connectivity index (χ2n) is 8.93. The molecular weight excluding hydrogens is 452 g/mol. The summed E-state index contributed by atoms with van der Waals surface area (Å²) in [6.07, 6.45) is 1.86. The van der Waals surface area contributed by atoms with Crippen LogP contribution in [0.2, 0.25) is 0 Å². The minimum atomic E-state index is -3.75. The number of anilines is 1. The summed E-state index contributed by atoms with van der Waals surface area (Å²) in [5.74, 6) is 0.890. The van der Waals surface area contributed by atoms with Gasteiger partial charge in [-0.05, 0) is 56.5 Å². The van der Waals surface area contributed by atoms with Crippen LogP contribution in [-0.4, -0.2) is 42.0 Å². The SMILES string of the molecule is Cc1n[nH]c(C)c1S(=O)(=O)N1CCOc2ccc(CN(C(=O)C3CC3)c3ccccc3)cc2C1. The summed E-state index contributed by atoms with van der Waals surface area (Å²) in [5.41, 5.74) is 3.54. The van der Waals surface area contributed by atoms with Crippen molar-refractivity contribution in [3.05, 3.63) is 71.0 Å². The Bertz CT molecular complexity index is 1300. The number of aryl methyl sites for hydroxylation is 2. The molecule has 1 aromatic heterocycles. The second-order valence-corrected chi connectivity index (χ2v) is 10.8. The highest BCUT2D eigenvalue weighted by molar-refractivity contribution is 7.89. The maximum atomic E-state index is 13.4. The quantitative estimate of drug-likeness (QED) is 0.582. The fourth-order valence-corrected chi connectivity index (χ4v) is 6.15. The molecule has 5 rings (SSSR count). The van der Waals surface area contributed by atoms with Crippen LogP contribution in [0.5, 0.6) is 5.75 Å². The first-order chi connectivity index (χ1) is 16.3. The zero-order valence-corrected chi connectivity index (χ0v) is 20.1. The molecule has 1 saturated carbocycles. The number of H-pyrrole nitrogens is 1. The number of ether oxygens (including phenoxy) is 1. The fourth-order valence-electron chi connectivity index (χ4n) is 4.41. The van der Waals surface area contributed by atoms with E-state index in [0.29, 0.717) is 23.7 Å². The minimum absolute atomic E-state index is 0.0893. The van der Waals surface area contributed by atoms with Gasteiger partial charge < -0.3 is 9.64 Å². The van der Waals surface area contributed by atoms with Crippen LogP contribution in [0, 0.1) is 19.8 Å². The Morgan fingerprint density at radius 2 is 1.94 bits per heavy atom. The summed E-state index contributed by atoms with van der Waals surface area (Å²) in [6.45, 7) is 4.51. The van der Waals surface area contributed by atoms with Crippen LogP contribution >= 0.6 is 0 Å². The topological polar surface area (TPSA) is 95.6 Å². The van der Waals surface area contributed by atoms with E-state index >= 15 is 0 Å². The molecule has 34 heavy (non-hydrogen) atoms. The molecule has 1 aliphatic heterocycles. The normalized spacial score (nSPS) is 16.4. The monoisotopic (exact) mass is 480 g/mol. The van der Waals surface area contributed by atoms with Crippen LogP contribution in [0.1, 0.15) is 35.4 Å². The zero-order valence-electron chi connectivity index (χ0n) is 19.3. The Kier molecular flexibility index (Phi) is 5.91. The second kappa shape index (κ2) is 8.88. The van der Waals surface area contributed by atoms with Crippen molar-refractivity contribution in [2.24, 2.45) is 5.92 Å². The van der Waals surface area contributed by atoms with Gasteiger partial charge in [0.15, 0.2) is 0 Å². The van der Waals surface area contributed by atoms with Gasteiger partial charge in [0.1, 0.15) is 17.3 Å². The van der Waals surface area contributed by atoms with Crippen molar-refractivity contribution in [3.8, 4) is 5.75 Å². The van der Waals surface area contributed by atoms with Gasteiger partial charge in [-0.1, -0.05) is 24.3 Å². The molecule has 1 fully saturated rings. The van der Waals surface area contributed by atoms with Crippen molar-refractivity contribution >= 4 is 21.6 Å². The highest BCUT2D eigenvalue weighted by Gasteiger charge is 2.35. The number of amides is 1. The van der Waals surface area contributed by atoms with Gasteiger partial charge >= 0.3 is 0 Å². The summed E-state index contributed by atoms with van der Waals surface area (Å²) in [7, 11) is -3.75. The third kappa shape index (κ3) is 4.33. The maximum Gasteiger partial charge on any atom is 0.247 e. The molecule has 0 saturated heterocycles. The van der Waals surface area contributed by atoms with E-state index < -0.39 is 10.0 Å². The number of sulfonamides is 1. The predicted molar refractivity (Wildman–Crippen MR) is 128 cm³/mol. The van der Waals surface area contributed by atoms with Gasteiger partial charge in [-0.15, -0.1) is 0 Å². The van der Waals surface area contributed by atoms with E-state index in [1.807, 2.05) is 53.4 Å². The van der Waals surface area contributed by atoms with Gasteiger partial charge in [-0.3, -0.25) is 9.89 Å². The first-order valence-electron chi connectivity index (χ1n) is 11.5. The van der Waals surface area contributed by atoms with Gasteiger partial charge in [0.05, 0.1) is 17.9 Å². The van der Waals surface area contributed by atoms with Crippen molar-refractivity contribution in [2.45, 2.75) is 44.7 Å². The lowest BCUT2D eigenvalue weighted by atomic mass is 10.1. The molecule has 0 spiro atoms. The van der Waals surface area contributed by atoms with E-state index in [9.17, 15) is 13.2 Å². The molecule has 1 aliphatic carbocycles. The number of hydrogen-bond donors (Lipinski definition) is 1. The van der Waals surface area contributed by atoms with Gasteiger partial charge in [-0.2, -0.15) is 9.40 Å². The molecule has 0 unspecified atom stereocenters. The molecule has 2 aliphatic rings. The largest absolute Gasteiger partial charge is 0.492 e. The number of nitrogens with one attached hydrogen (secondary N) is 1. The maximum absolute atomic E-state index is 13.4. The number of aromatic nitrogens is 2. The van der Waals surface area contributed by atoms with E-state index in [-0.39, 0.29) is 36.4 Å². The number of benzene rings is 2. The highest BCUT2D eigenvalue weighted by Crippen LogP contribution is 2.34. The summed E-state index contributed by atoms with van der Waals surface area (Å²) in [6, 6.07) is 15.4. The van der Waals surface area contributed by atoms with Crippen LogP contribution in [0.25, 0.3) is 0 Å². The fraction of sp³-hybridized carbons (Fsp3) is 0.360. The van der Waals surface area contributed by atoms with E-state index in [2.05, 4.69) is 10.2 Å². The number of hydrogen-bond acceptors (Lipinski definition) is 5. The third-order valence-electron chi connectivity index (χ3n) is 6.33. The van der Waals surface area contributed by atoms with Crippen molar-refractivity contribution in [2.75, 3.05) is 18.1 Å². The number of aromatic amines is 1. The Labute approximate surface area is 199 Å².